The maximum Gasteiger partial charge on any atom is 0.390 e. The van der Waals surface area contributed by atoms with E-state index in [4.69, 9.17) is 5.11 Å². The lowest BCUT2D eigenvalue weighted by Gasteiger charge is -1.97. The van der Waals surface area contributed by atoms with Crippen molar-refractivity contribution < 1.29 is 14.5 Å². The van der Waals surface area contributed by atoms with Gasteiger partial charge in [-0.25, -0.2) is 4.79 Å². The molecule has 0 bridgehead atoms. The largest absolute Gasteiger partial charge is 0.463 e. The molecule has 0 radical (unpaired) electrons. The van der Waals surface area contributed by atoms with Crippen molar-refractivity contribution in [1.29, 1.82) is 0 Å². The summed E-state index contributed by atoms with van der Waals surface area (Å²) in [6.45, 7) is 3.78. The second-order valence-corrected chi connectivity index (χ2v) is 2.77. The van der Waals surface area contributed by atoms with Crippen LogP contribution in [-0.2, 0) is 4.79 Å². The van der Waals surface area contributed by atoms with Gasteiger partial charge in [-0.05, 0) is 13.8 Å². The first-order chi connectivity index (χ1) is 4.63. The normalized spacial score (nSPS) is 19.3. The Bertz CT molecular complexity index is 194. The molecule has 0 aliphatic carbocycles. The summed E-state index contributed by atoms with van der Waals surface area (Å²) in [4.78, 5) is 11.0. The molecule has 0 saturated heterocycles. The lowest BCUT2D eigenvalue weighted by molar-refractivity contribution is -0.482. The summed E-state index contributed by atoms with van der Waals surface area (Å²) in [5.74, 6) is 0.257. The Morgan fingerprint density at radius 3 is 2.30 bits per heavy atom. The Labute approximate surface area is 60.0 Å². The Balaban J connectivity index is 2.88. The van der Waals surface area contributed by atoms with E-state index in [1.54, 1.807) is 0 Å². The lowest BCUT2D eigenvalue weighted by Crippen LogP contribution is -2.26. The molecule has 1 aliphatic rings. The number of aliphatic hydroxyl groups is 1. The van der Waals surface area contributed by atoms with E-state index in [9.17, 15) is 4.79 Å². The van der Waals surface area contributed by atoms with Gasteiger partial charge in [0.25, 0.3) is 0 Å². The molecule has 0 unspecified atom stereocenters. The Morgan fingerprint density at radius 2 is 2.10 bits per heavy atom. The fourth-order valence-electron chi connectivity index (χ4n) is 1.19. The molecule has 1 rings (SSSR count). The third-order valence-corrected chi connectivity index (χ3v) is 1.63. The van der Waals surface area contributed by atoms with E-state index in [0.717, 1.165) is 0 Å². The van der Waals surface area contributed by atoms with Crippen LogP contribution in [-0.4, -0.2) is 27.5 Å². The predicted octanol–water partition coefficient (Wildman–Crippen LogP) is 0.684. The van der Waals surface area contributed by atoms with Gasteiger partial charge >= 0.3 is 11.8 Å². The molecule has 3 heteroatoms. The van der Waals surface area contributed by atoms with Gasteiger partial charge in [-0.3, -0.25) is 0 Å². The number of hydrogen-bond donors (Lipinski definition) is 1. The molecule has 0 spiro atoms. The highest BCUT2D eigenvalue weighted by Gasteiger charge is 2.33. The van der Waals surface area contributed by atoms with E-state index in [-0.39, 0.29) is 17.8 Å². The zero-order chi connectivity index (χ0) is 7.72. The third-order valence-electron chi connectivity index (χ3n) is 1.63. The minimum Gasteiger partial charge on any atom is -0.463 e. The van der Waals surface area contributed by atoms with Gasteiger partial charge in [0, 0.05) is 0 Å². The molecule has 0 aromatic heterocycles. The molecular formula is C7H12NO2+. The molecule has 3 nitrogen and oxygen atoms in total. The van der Waals surface area contributed by atoms with Gasteiger partial charge in [0.1, 0.15) is 0 Å². The number of amides is 1. The molecule has 56 valence electrons. The van der Waals surface area contributed by atoms with Crippen LogP contribution in [0.3, 0.4) is 0 Å². The molecule has 1 heterocycles. The van der Waals surface area contributed by atoms with Crippen LogP contribution >= 0.6 is 0 Å². The molecular weight excluding hydrogens is 130 g/mol. The number of carbonyl (C=O) groups is 1. The van der Waals surface area contributed by atoms with Crippen molar-refractivity contribution in [1.82, 2.24) is 0 Å². The molecule has 1 N–H and O–H groups in total. The van der Waals surface area contributed by atoms with E-state index in [1.165, 1.54) is 4.58 Å². The zero-order valence-electron chi connectivity index (χ0n) is 6.29. The lowest BCUT2D eigenvalue weighted by atomic mass is 10.3. The third kappa shape index (κ3) is 1.03. The predicted molar refractivity (Wildman–Crippen MR) is 37.3 cm³/mol. The monoisotopic (exact) mass is 142 g/mol. The van der Waals surface area contributed by atoms with Crippen LogP contribution in [0.2, 0.25) is 0 Å². The standard InChI is InChI=1S/C7H11NO2/c1-5(2)8-6(9)3-4-7(8)10/h5H,3-4H2,1-2H3/p+1. The molecule has 0 fully saturated rings. The van der Waals surface area contributed by atoms with Crippen LogP contribution in [0.1, 0.15) is 26.7 Å². The minimum atomic E-state index is 0.0347. The Morgan fingerprint density at radius 1 is 1.50 bits per heavy atom. The van der Waals surface area contributed by atoms with E-state index in [1.807, 2.05) is 13.8 Å². The van der Waals surface area contributed by atoms with Crippen LogP contribution in [0.15, 0.2) is 0 Å². The fraction of sp³-hybridized carbons (Fsp3) is 0.714. The van der Waals surface area contributed by atoms with Crippen LogP contribution in [0.5, 0.6) is 0 Å². The van der Waals surface area contributed by atoms with Gasteiger partial charge < -0.3 is 5.11 Å². The number of aliphatic hydroxyl groups excluding tert-OH is 1. The first-order valence-electron chi connectivity index (χ1n) is 3.49. The summed E-state index contributed by atoms with van der Waals surface area (Å²) in [6, 6.07) is 0.0926. The highest BCUT2D eigenvalue weighted by atomic mass is 16.3. The van der Waals surface area contributed by atoms with Gasteiger partial charge in [0.2, 0.25) is 0 Å². The first kappa shape index (κ1) is 7.25. The average Bonchev–Trinajstić information content (AvgIpc) is 2.11. The number of hydrogen-bond acceptors (Lipinski definition) is 1. The Hall–Kier alpha value is -0.860. The molecule has 0 aromatic carbocycles. The van der Waals surface area contributed by atoms with Crippen molar-refractivity contribution in [2.75, 3.05) is 0 Å². The summed E-state index contributed by atoms with van der Waals surface area (Å²) in [5, 5.41) is 9.15. The molecule has 0 atom stereocenters. The quantitative estimate of drug-likeness (QED) is 0.547. The second-order valence-electron chi connectivity index (χ2n) is 2.77. The van der Waals surface area contributed by atoms with E-state index in [2.05, 4.69) is 0 Å². The van der Waals surface area contributed by atoms with Crippen LogP contribution < -0.4 is 0 Å². The van der Waals surface area contributed by atoms with Crippen LogP contribution in [0, 0.1) is 0 Å². The first-order valence-corrected chi connectivity index (χ1v) is 3.49. The average molecular weight is 142 g/mol. The fourth-order valence-corrected chi connectivity index (χ4v) is 1.19. The van der Waals surface area contributed by atoms with Crippen molar-refractivity contribution in [3.63, 3.8) is 0 Å². The molecule has 1 amide bonds. The highest BCUT2D eigenvalue weighted by Crippen LogP contribution is 2.07. The number of rotatable bonds is 1. The molecule has 0 aromatic rings. The van der Waals surface area contributed by atoms with E-state index < -0.39 is 0 Å². The molecule has 0 saturated carbocycles. The second kappa shape index (κ2) is 2.40. The molecule has 10 heavy (non-hydrogen) atoms. The van der Waals surface area contributed by atoms with Crippen molar-refractivity contribution >= 4 is 11.8 Å². The SMILES string of the molecule is CC(C)[N+]1=C(O)CCC1=O. The maximum absolute atomic E-state index is 11.0. The van der Waals surface area contributed by atoms with E-state index in [0.29, 0.717) is 12.8 Å². The highest BCUT2D eigenvalue weighted by molar-refractivity contribution is 5.86. The van der Waals surface area contributed by atoms with E-state index >= 15 is 0 Å². The maximum atomic E-state index is 11.0. The summed E-state index contributed by atoms with van der Waals surface area (Å²) >= 11 is 0. The smallest absolute Gasteiger partial charge is 0.390 e. The Kier molecular flexibility index (Phi) is 1.74. The van der Waals surface area contributed by atoms with Crippen molar-refractivity contribution in [2.24, 2.45) is 0 Å². The van der Waals surface area contributed by atoms with Gasteiger partial charge in [-0.15, -0.1) is 4.58 Å². The molecule has 1 aliphatic heterocycles. The van der Waals surface area contributed by atoms with Gasteiger partial charge in [-0.2, -0.15) is 0 Å². The number of nitrogens with zero attached hydrogens (tertiary/aromatic N) is 1. The number of carbonyl (C=O) groups excluding carboxylic acids is 1. The van der Waals surface area contributed by atoms with Gasteiger partial charge in [0.15, 0.2) is 6.04 Å². The topological polar surface area (TPSA) is 40.3 Å². The summed E-state index contributed by atoms with van der Waals surface area (Å²) in [5.41, 5.74) is 0. The van der Waals surface area contributed by atoms with Gasteiger partial charge in [0.05, 0.1) is 12.8 Å². The van der Waals surface area contributed by atoms with Crippen molar-refractivity contribution in [2.45, 2.75) is 32.7 Å². The zero-order valence-corrected chi connectivity index (χ0v) is 6.29. The van der Waals surface area contributed by atoms with Crippen molar-refractivity contribution in [3.8, 4) is 0 Å². The van der Waals surface area contributed by atoms with Gasteiger partial charge in [-0.1, -0.05) is 0 Å². The summed E-state index contributed by atoms with van der Waals surface area (Å²) in [7, 11) is 0. The minimum absolute atomic E-state index is 0.0347. The summed E-state index contributed by atoms with van der Waals surface area (Å²) in [6.07, 6.45) is 0.973. The van der Waals surface area contributed by atoms with Crippen LogP contribution in [0.25, 0.3) is 0 Å². The van der Waals surface area contributed by atoms with Crippen molar-refractivity contribution in [3.05, 3.63) is 0 Å². The summed E-state index contributed by atoms with van der Waals surface area (Å²) < 4.78 is 1.44. The van der Waals surface area contributed by atoms with Crippen LogP contribution in [0.4, 0.5) is 0 Å².